The molecule has 0 fully saturated rings. The van der Waals surface area contributed by atoms with Crippen LogP contribution in [0.1, 0.15) is 66.0 Å². The highest BCUT2D eigenvalue weighted by Gasteiger charge is 2.16. The molecule has 1 aromatic rings. The Hall–Kier alpha value is -1.26. The molecule has 0 spiro atoms. The van der Waals surface area contributed by atoms with Crippen molar-refractivity contribution in [3.05, 3.63) is 35.4 Å². The molecule has 0 aliphatic heterocycles. The van der Waals surface area contributed by atoms with Gasteiger partial charge in [-0.05, 0) is 29.5 Å². The molecule has 0 atom stereocenters. The minimum absolute atomic E-state index is 0.0811. The molecule has 19 heavy (non-hydrogen) atoms. The van der Waals surface area contributed by atoms with Crippen molar-refractivity contribution >= 4 is 0 Å². The van der Waals surface area contributed by atoms with Gasteiger partial charge < -0.3 is 5.11 Å². The number of rotatable bonds is 2. The minimum atomic E-state index is -0.0811. The summed E-state index contributed by atoms with van der Waals surface area (Å²) in [6.45, 7) is 14.6. The van der Waals surface area contributed by atoms with E-state index in [4.69, 9.17) is 5.11 Å². The molecule has 0 amide bonds. The molecule has 0 heterocycles. The summed E-state index contributed by atoms with van der Waals surface area (Å²) in [6.07, 6.45) is 1.12. The van der Waals surface area contributed by atoms with Crippen molar-refractivity contribution < 1.29 is 5.11 Å². The van der Waals surface area contributed by atoms with Gasteiger partial charge in [0, 0.05) is 5.56 Å². The van der Waals surface area contributed by atoms with Crippen molar-refractivity contribution in [1.82, 2.24) is 0 Å². The van der Waals surface area contributed by atoms with E-state index in [1.807, 2.05) is 39.8 Å². The van der Waals surface area contributed by atoms with E-state index in [0.717, 1.165) is 12.0 Å². The van der Waals surface area contributed by atoms with Gasteiger partial charge in [0.25, 0.3) is 0 Å². The van der Waals surface area contributed by atoms with E-state index in [9.17, 15) is 0 Å². The molecule has 1 nitrogen and oxygen atoms in total. The molecule has 1 heteroatoms. The molecule has 0 unspecified atom stereocenters. The summed E-state index contributed by atoms with van der Waals surface area (Å²) >= 11 is 0. The first-order valence-electron chi connectivity index (χ1n) is 7.30. The van der Waals surface area contributed by atoms with Gasteiger partial charge in [0.2, 0.25) is 0 Å². The van der Waals surface area contributed by atoms with E-state index in [1.165, 1.54) is 5.56 Å². The second-order valence-electron chi connectivity index (χ2n) is 4.27. The average Bonchev–Trinajstić information content (AvgIpc) is 2.49. The van der Waals surface area contributed by atoms with Crippen molar-refractivity contribution in [3.63, 3.8) is 0 Å². The van der Waals surface area contributed by atoms with Crippen molar-refractivity contribution in [2.75, 3.05) is 6.61 Å². The van der Waals surface area contributed by atoms with Crippen LogP contribution in [0.15, 0.2) is 24.3 Å². The molecule has 0 saturated carbocycles. The van der Waals surface area contributed by atoms with Gasteiger partial charge in [0.15, 0.2) is 0 Å². The van der Waals surface area contributed by atoms with E-state index in [-0.39, 0.29) is 12.0 Å². The molecule has 0 radical (unpaired) electrons. The quantitative estimate of drug-likeness (QED) is 0.761. The predicted octanol–water partition coefficient (Wildman–Crippen LogP) is 4.77. The first-order valence-corrected chi connectivity index (χ1v) is 7.30. The third-order valence-electron chi connectivity index (χ3n) is 2.86. The van der Waals surface area contributed by atoms with Crippen LogP contribution in [0.5, 0.6) is 0 Å². The lowest BCUT2D eigenvalue weighted by molar-refractivity contribution is 0.350. The smallest absolute Gasteiger partial charge is 0.104 e. The van der Waals surface area contributed by atoms with Crippen LogP contribution in [0.25, 0.3) is 0 Å². The van der Waals surface area contributed by atoms with Gasteiger partial charge in [-0.2, -0.15) is 0 Å². The lowest BCUT2D eigenvalue weighted by Crippen LogP contribution is -2.14. The van der Waals surface area contributed by atoms with Crippen LogP contribution < -0.4 is 0 Å². The number of hydrogen-bond donors (Lipinski definition) is 1. The van der Waals surface area contributed by atoms with E-state index < -0.39 is 0 Å². The van der Waals surface area contributed by atoms with Crippen molar-refractivity contribution in [3.8, 4) is 11.8 Å². The Morgan fingerprint density at radius 1 is 1.00 bits per heavy atom. The summed E-state index contributed by atoms with van der Waals surface area (Å²) in [5, 5.41) is 8.58. The van der Waals surface area contributed by atoms with E-state index >= 15 is 0 Å². The zero-order valence-corrected chi connectivity index (χ0v) is 13.7. The minimum Gasteiger partial charge on any atom is -0.384 e. The maximum atomic E-state index is 8.58. The lowest BCUT2D eigenvalue weighted by Gasteiger charge is -2.23. The third-order valence-corrected chi connectivity index (χ3v) is 2.86. The normalized spacial score (nSPS) is 9.05. The van der Waals surface area contributed by atoms with Gasteiger partial charge in [-0.25, -0.2) is 0 Å². The summed E-state index contributed by atoms with van der Waals surface area (Å²) in [7, 11) is 0. The fourth-order valence-corrected chi connectivity index (χ4v) is 1.35. The molecule has 108 valence electrons. The highest BCUT2D eigenvalue weighted by atomic mass is 16.2. The number of aliphatic hydroxyl groups excluding tert-OH is 1. The Labute approximate surface area is 120 Å². The lowest BCUT2D eigenvalue weighted by atomic mass is 9.82. The monoisotopic (exact) mass is 262 g/mol. The first-order chi connectivity index (χ1) is 9.10. The van der Waals surface area contributed by atoms with Crippen molar-refractivity contribution in [2.45, 2.75) is 60.3 Å². The first kappa shape index (κ1) is 20.1. The molecule has 0 saturated heterocycles. The molecule has 0 aliphatic carbocycles. The molecular formula is C18H30O. The highest BCUT2D eigenvalue weighted by Crippen LogP contribution is 2.26. The van der Waals surface area contributed by atoms with Crippen LogP contribution in [0.2, 0.25) is 0 Å². The fourth-order valence-electron chi connectivity index (χ4n) is 1.35. The van der Waals surface area contributed by atoms with Crippen LogP contribution in [0.3, 0.4) is 0 Å². The Morgan fingerprint density at radius 3 is 1.84 bits per heavy atom. The summed E-state index contributed by atoms with van der Waals surface area (Å²) in [4.78, 5) is 0. The van der Waals surface area contributed by atoms with Gasteiger partial charge in [0.05, 0.1) is 0 Å². The predicted molar refractivity (Wildman–Crippen MR) is 86.4 cm³/mol. The van der Waals surface area contributed by atoms with Gasteiger partial charge in [-0.15, -0.1) is 0 Å². The fraction of sp³-hybridized carbons (Fsp3) is 0.556. The summed E-state index contributed by atoms with van der Waals surface area (Å²) < 4.78 is 0. The van der Waals surface area contributed by atoms with Gasteiger partial charge >= 0.3 is 0 Å². The maximum absolute atomic E-state index is 8.58. The molecule has 1 N–H and O–H groups in total. The Kier molecular flexibility index (Phi) is 12.5. The molecule has 1 rings (SSSR count). The largest absolute Gasteiger partial charge is 0.384 e. The summed E-state index contributed by atoms with van der Waals surface area (Å²) in [6, 6.07) is 8.25. The SMILES string of the molecule is CC.CC.CCC(C)(C)c1ccc(C#CCO)cc1. The summed E-state index contributed by atoms with van der Waals surface area (Å²) in [5.74, 6) is 5.53. The maximum Gasteiger partial charge on any atom is 0.104 e. The highest BCUT2D eigenvalue weighted by molar-refractivity contribution is 5.38. The third kappa shape index (κ3) is 7.70. The Balaban J connectivity index is 0. The van der Waals surface area contributed by atoms with Crippen LogP contribution in [0.4, 0.5) is 0 Å². The Bertz CT molecular complexity index is 363. The standard InChI is InChI=1S/C14H18O.2C2H6/c1-4-14(2,3)13-9-7-12(8-10-13)6-5-11-15;2*1-2/h7-10,15H,4,11H2,1-3H3;2*1-2H3. The zero-order chi connectivity index (χ0) is 15.3. The van der Waals surface area contributed by atoms with Crippen LogP contribution >= 0.6 is 0 Å². The molecule has 0 bridgehead atoms. The zero-order valence-electron chi connectivity index (χ0n) is 13.7. The van der Waals surface area contributed by atoms with Crippen molar-refractivity contribution in [2.24, 2.45) is 0 Å². The number of aliphatic hydroxyl groups is 1. The second-order valence-corrected chi connectivity index (χ2v) is 4.27. The number of benzene rings is 1. The van der Waals surface area contributed by atoms with E-state index in [2.05, 4.69) is 44.7 Å². The molecule has 0 aliphatic rings. The van der Waals surface area contributed by atoms with Crippen LogP contribution in [0, 0.1) is 11.8 Å². The molecular weight excluding hydrogens is 232 g/mol. The van der Waals surface area contributed by atoms with E-state index in [1.54, 1.807) is 0 Å². The van der Waals surface area contributed by atoms with Crippen LogP contribution in [-0.4, -0.2) is 11.7 Å². The van der Waals surface area contributed by atoms with Gasteiger partial charge in [-0.1, -0.05) is 72.4 Å². The number of hydrogen-bond acceptors (Lipinski definition) is 1. The molecule has 1 aromatic carbocycles. The Morgan fingerprint density at radius 2 is 1.47 bits per heavy atom. The van der Waals surface area contributed by atoms with Gasteiger partial charge in [-0.3, -0.25) is 0 Å². The second kappa shape index (κ2) is 11.8. The topological polar surface area (TPSA) is 20.2 Å². The van der Waals surface area contributed by atoms with Crippen LogP contribution in [-0.2, 0) is 5.41 Å². The molecule has 0 aromatic heterocycles. The van der Waals surface area contributed by atoms with E-state index in [0.29, 0.717) is 0 Å². The van der Waals surface area contributed by atoms with Gasteiger partial charge in [0.1, 0.15) is 6.61 Å². The summed E-state index contributed by atoms with van der Waals surface area (Å²) in [5.41, 5.74) is 2.52. The van der Waals surface area contributed by atoms with Crippen molar-refractivity contribution in [1.29, 1.82) is 0 Å². The average molecular weight is 262 g/mol.